The van der Waals surface area contributed by atoms with Crippen molar-refractivity contribution in [3.8, 4) is 5.75 Å². The Morgan fingerprint density at radius 2 is 2.00 bits per heavy atom. The number of halogens is 2. The van der Waals surface area contributed by atoms with Crippen LogP contribution in [0.1, 0.15) is 17.4 Å². The quantitative estimate of drug-likeness (QED) is 0.719. The van der Waals surface area contributed by atoms with Crippen molar-refractivity contribution in [1.82, 2.24) is 14.9 Å². The molecule has 7 heteroatoms. The summed E-state index contributed by atoms with van der Waals surface area (Å²) in [6.07, 6.45) is 3.33. The summed E-state index contributed by atoms with van der Waals surface area (Å²) < 4.78 is 21.4. The van der Waals surface area contributed by atoms with Crippen molar-refractivity contribution < 1.29 is 13.9 Å². The van der Waals surface area contributed by atoms with Crippen LogP contribution in [0.2, 0.25) is 5.02 Å². The maximum Gasteiger partial charge on any atom is 0.258 e. The molecule has 134 valence electrons. The minimum Gasteiger partial charge on any atom is -0.484 e. The molecule has 1 aromatic heterocycles. The number of benzene rings is 2. The Morgan fingerprint density at radius 3 is 2.65 bits per heavy atom. The highest BCUT2D eigenvalue weighted by atomic mass is 35.5. The Bertz CT molecular complexity index is 896. The standard InChI is InChI=1S/C19H17ClFN3O2/c1-24-11-10-22-19(24)18(15-4-2-3-5-16(15)21)23-17(25)12-26-14-8-6-13(20)7-9-14/h2-11,18H,12H2,1H3,(H,23,25)/t18-/m0/s1. The number of aromatic nitrogens is 2. The molecule has 0 radical (unpaired) electrons. The molecular formula is C19H17ClFN3O2. The van der Waals surface area contributed by atoms with Crippen molar-refractivity contribution in [3.63, 3.8) is 0 Å². The first kappa shape index (κ1) is 17.9. The molecule has 0 saturated heterocycles. The Hall–Kier alpha value is -2.86. The van der Waals surface area contributed by atoms with Crippen molar-refractivity contribution >= 4 is 17.5 Å². The number of aryl methyl sites for hydroxylation is 1. The molecule has 1 heterocycles. The summed E-state index contributed by atoms with van der Waals surface area (Å²) in [5, 5.41) is 3.37. The first-order chi connectivity index (χ1) is 12.5. The van der Waals surface area contributed by atoms with Gasteiger partial charge in [0.15, 0.2) is 6.61 Å². The molecule has 0 bridgehead atoms. The third kappa shape index (κ3) is 4.21. The number of nitrogens with one attached hydrogen (secondary N) is 1. The number of carbonyl (C=O) groups is 1. The predicted molar refractivity (Wildman–Crippen MR) is 96.5 cm³/mol. The van der Waals surface area contributed by atoms with E-state index in [1.807, 2.05) is 0 Å². The molecule has 1 amide bonds. The summed E-state index contributed by atoms with van der Waals surface area (Å²) >= 11 is 5.82. The van der Waals surface area contributed by atoms with Crippen molar-refractivity contribution in [2.24, 2.45) is 7.05 Å². The van der Waals surface area contributed by atoms with Crippen molar-refractivity contribution in [3.05, 3.63) is 83.2 Å². The van der Waals surface area contributed by atoms with Gasteiger partial charge < -0.3 is 14.6 Å². The molecule has 0 fully saturated rings. The molecule has 1 N–H and O–H groups in total. The van der Waals surface area contributed by atoms with E-state index in [2.05, 4.69) is 10.3 Å². The van der Waals surface area contributed by atoms with Crippen LogP contribution >= 0.6 is 11.6 Å². The molecule has 3 aromatic rings. The normalized spacial score (nSPS) is 11.8. The lowest BCUT2D eigenvalue weighted by Crippen LogP contribution is -2.35. The molecule has 0 spiro atoms. The molecule has 2 aromatic carbocycles. The highest BCUT2D eigenvalue weighted by Crippen LogP contribution is 2.23. The second kappa shape index (κ2) is 8.01. The van der Waals surface area contributed by atoms with Gasteiger partial charge in [0.2, 0.25) is 0 Å². The molecule has 0 aliphatic carbocycles. The average molecular weight is 374 g/mol. The van der Waals surface area contributed by atoms with E-state index in [9.17, 15) is 9.18 Å². The summed E-state index contributed by atoms with van der Waals surface area (Å²) in [5.41, 5.74) is 0.335. The summed E-state index contributed by atoms with van der Waals surface area (Å²) in [5.74, 6) is 0.231. The Balaban J connectivity index is 1.75. The number of hydrogen-bond donors (Lipinski definition) is 1. The lowest BCUT2D eigenvalue weighted by atomic mass is 10.1. The maximum absolute atomic E-state index is 14.3. The van der Waals surface area contributed by atoms with Crippen LogP contribution in [0.5, 0.6) is 5.75 Å². The lowest BCUT2D eigenvalue weighted by Gasteiger charge is -2.20. The van der Waals surface area contributed by atoms with Gasteiger partial charge in [-0.2, -0.15) is 0 Å². The van der Waals surface area contributed by atoms with Gasteiger partial charge in [-0.25, -0.2) is 9.37 Å². The van der Waals surface area contributed by atoms with Gasteiger partial charge >= 0.3 is 0 Å². The van der Waals surface area contributed by atoms with E-state index in [1.54, 1.807) is 66.5 Å². The third-order valence-electron chi connectivity index (χ3n) is 3.82. The van der Waals surface area contributed by atoms with E-state index in [4.69, 9.17) is 16.3 Å². The van der Waals surface area contributed by atoms with Crippen molar-refractivity contribution in [1.29, 1.82) is 0 Å². The zero-order valence-electron chi connectivity index (χ0n) is 14.0. The number of nitrogens with zero attached hydrogens (tertiary/aromatic N) is 2. The molecule has 26 heavy (non-hydrogen) atoms. The molecular weight excluding hydrogens is 357 g/mol. The zero-order chi connectivity index (χ0) is 18.5. The van der Waals surface area contributed by atoms with E-state index in [0.717, 1.165) is 0 Å². The van der Waals surface area contributed by atoms with Gasteiger partial charge in [0.1, 0.15) is 23.4 Å². The Morgan fingerprint density at radius 1 is 1.27 bits per heavy atom. The van der Waals surface area contributed by atoms with Gasteiger partial charge in [-0.3, -0.25) is 4.79 Å². The van der Waals surface area contributed by atoms with Gasteiger partial charge in [0, 0.05) is 30.0 Å². The topological polar surface area (TPSA) is 56.2 Å². The third-order valence-corrected chi connectivity index (χ3v) is 4.07. The fourth-order valence-corrected chi connectivity index (χ4v) is 2.65. The molecule has 0 saturated carbocycles. The van der Waals surface area contributed by atoms with Crippen LogP contribution in [-0.4, -0.2) is 22.1 Å². The number of carbonyl (C=O) groups excluding carboxylic acids is 1. The van der Waals surface area contributed by atoms with Crippen LogP contribution in [-0.2, 0) is 11.8 Å². The molecule has 0 aliphatic heterocycles. The summed E-state index contributed by atoms with van der Waals surface area (Å²) in [6, 6.07) is 12.2. The molecule has 0 aliphatic rings. The highest BCUT2D eigenvalue weighted by Gasteiger charge is 2.23. The summed E-state index contributed by atoms with van der Waals surface area (Å²) in [7, 11) is 1.78. The molecule has 0 unspecified atom stereocenters. The highest BCUT2D eigenvalue weighted by molar-refractivity contribution is 6.30. The first-order valence-electron chi connectivity index (χ1n) is 7.94. The lowest BCUT2D eigenvalue weighted by molar-refractivity contribution is -0.123. The fourth-order valence-electron chi connectivity index (χ4n) is 2.53. The van der Waals surface area contributed by atoms with Crippen LogP contribution in [0.3, 0.4) is 0 Å². The van der Waals surface area contributed by atoms with Gasteiger partial charge in [0.05, 0.1) is 0 Å². The van der Waals surface area contributed by atoms with Crippen LogP contribution in [0.4, 0.5) is 4.39 Å². The zero-order valence-corrected chi connectivity index (χ0v) is 14.8. The largest absolute Gasteiger partial charge is 0.484 e. The monoisotopic (exact) mass is 373 g/mol. The van der Waals surface area contributed by atoms with E-state index in [0.29, 0.717) is 22.2 Å². The Kier molecular flexibility index (Phi) is 5.53. The van der Waals surface area contributed by atoms with Crippen LogP contribution < -0.4 is 10.1 Å². The number of ether oxygens (including phenoxy) is 1. The van der Waals surface area contributed by atoms with Gasteiger partial charge in [-0.15, -0.1) is 0 Å². The number of amides is 1. The number of imidazole rings is 1. The van der Waals surface area contributed by atoms with E-state index < -0.39 is 17.8 Å². The second-order valence-corrected chi connectivity index (χ2v) is 6.10. The first-order valence-corrected chi connectivity index (χ1v) is 8.32. The minimum absolute atomic E-state index is 0.211. The van der Waals surface area contributed by atoms with Crippen LogP contribution in [0, 0.1) is 5.82 Å². The number of rotatable bonds is 6. The van der Waals surface area contributed by atoms with E-state index in [1.165, 1.54) is 6.07 Å². The van der Waals surface area contributed by atoms with Gasteiger partial charge in [-0.05, 0) is 30.3 Å². The van der Waals surface area contributed by atoms with Crippen molar-refractivity contribution in [2.45, 2.75) is 6.04 Å². The summed E-state index contributed by atoms with van der Waals surface area (Å²) in [6.45, 7) is -0.211. The van der Waals surface area contributed by atoms with Gasteiger partial charge in [-0.1, -0.05) is 29.8 Å². The Labute approximate surface area is 155 Å². The second-order valence-electron chi connectivity index (χ2n) is 5.66. The van der Waals surface area contributed by atoms with Crippen LogP contribution in [0.25, 0.3) is 0 Å². The average Bonchev–Trinajstić information content (AvgIpc) is 3.06. The van der Waals surface area contributed by atoms with Crippen LogP contribution in [0.15, 0.2) is 60.9 Å². The predicted octanol–water partition coefficient (Wildman–Crippen LogP) is 3.50. The van der Waals surface area contributed by atoms with Gasteiger partial charge in [0.25, 0.3) is 5.91 Å². The summed E-state index contributed by atoms with van der Waals surface area (Å²) in [4.78, 5) is 16.6. The smallest absolute Gasteiger partial charge is 0.258 e. The number of hydrogen-bond acceptors (Lipinski definition) is 3. The van der Waals surface area contributed by atoms with E-state index >= 15 is 0 Å². The SMILES string of the molecule is Cn1ccnc1[C@@H](NC(=O)COc1ccc(Cl)cc1)c1ccccc1F. The maximum atomic E-state index is 14.3. The molecule has 3 rings (SSSR count). The molecule has 1 atom stereocenters. The van der Waals surface area contributed by atoms with E-state index in [-0.39, 0.29) is 6.61 Å². The van der Waals surface area contributed by atoms with Crippen molar-refractivity contribution in [2.75, 3.05) is 6.61 Å². The fraction of sp³-hybridized carbons (Fsp3) is 0.158. The minimum atomic E-state index is -0.725. The molecule has 5 nitrogen and oxygen atoms in total.